The minimum atomic E-state index is -4.57. The van der Waals surface area contributed by atoms with Crippen molar-refractivity contribution in [2.24, 2.45) is 0 Å². The molecule has 23 heavy (non-hydrogen) atoms. The molecule has 2 rings (SSSR count). The van der Waals surface area contributed by atoms with E-state index < -0.39 is 11.9 Å². The second kappa shape index (κ2) is 8.49. The number of aliphatic hydroxyl groups is 1. The summed E-state index contributed by atoms with van der Waals surface area (Å²) >= 11 is 1.38. The van der Waals surface area contributed by atoms with Gasteiger partial charge in [-0.2, -0.15) is 18.3 Å². The standard InChI is InChI=1S/C13H12F3N3OS.CH4O/c1-17-12-7-9(8-20)18-19(12)11(13(14,15)16)5-4-10-3-2-6-21-10;1-2/h2-3,5-8,17H,4H2,1H3;2H,1H3/b11-5-;. The van der Waals surface area contributed by atoms with Crippen LogP contribution in [-0.2, 0) is 6.42 Å². The first-order chi connectivity index (χ1) is 11.0. The van der Waals surface area contributed by atoms with Crippen LogP contribution in [0.3, 0.4) is 0 Å². The number of nitrogens with one attached hydrogen (secondary N) is 1. The molecule has 0 radical (unpaired) electrons. The van der Waals surface area contributed by atoms with Crippen molar-refractivity contribution in [1.29, 1.82) is 0 Å². The molecule has 0 bridgehead atoms. The van der Waals surface area contributed by atoms with Gasteiger partial charge in [-0.3, -0.25) is 4.79 Å². The number of aromatic nitrogens is 2. The van der Waals surface area contributed by atoms with E-state index in [1.807, 2.05) is 0 Å². The van der Waals surface area contributed by atoms with Crippen molar-refractivity contribution in [3.05, 3.63) is 40.2 Å². The maximum absolute atomic E-state index is 13.2. The molecule has 0 aromatic carbocycles. The second-order valence-electron chi connectivity index (χ2n) is 4.10. The topological polar surface area (TPSA) is 67.2 Å². The van der Waals surface area contributed by atoms with Crippen LogP contribution < -0.4 is 5.32 Å². The summed E-state index contributed by atoms with van der Waals surface area (Å²) in [5.74, 6) is 0.104. The van der Waals surface area contributed by atoms with Gasteiger partial charge in [0.15, 0.2) is 6.29 Å². The zero-order valence-corrected chi connectivity index (χ0v) is 13.3. The average molecular weight is 347 g/mol. The Morgan fingerprint density at radius 1 is 1.48 bits per heavy atom. The molecular formula is C14H16F3N3O2S. The smallest absolute Gasteiger partial charge is 0.400 e. The van der Waals surface area contributed by atoms with Gasteiger partial charge in [0.1, 0.15) is 17.2 Å². The van der Waals surface area contributed by atoms with E-state index in [1.54, 1.807) is 17.5 Å². The lowest BCUT2D eigenvalue weighted by atomic mass is 10.3. The number of aldehydes is 1. The van der Waals surface area contributed by atoms with Gasteiger partial charge in [-0.05, 0) is 17.5 Å². The molecule has 0 aliphatic rings. The van der Waals surface area contributed by atoms with E-state index in [1.165, 1.54) is 24.5 Å². The van der Waals surface area contributed by atoms with Gasteiger partial charge in [-0.15, -0.1) is 11.3 Å². The van der Waals surface area contributed by atoms with Gasteiger partial charge >= 0.3 is 6.18 Å². The first-order valence-corrected chi connectivity index (χ1v) is 7.31. The fourth-order valence-corrected chi connectivity index (χ4v) is 2.44. The van der Waals surface area contributed by atoms with E-state index in [-0.39, 0.29) is 17.9 Å². The normalized spacial score (nSPS) is 11.7. The molecule has 0 aliphatic heterocycles. The Balaban J connectivity index is 0.00000127. The van der Waals surface area contributed by atoms with E-state index >= 15 is 0 Å². The molecule has 5 nitrogen and oxygen atoms in total. The summed E-state index contributed by atoms with van der Waals surface area (Å²) in [6.07, 6.45) is -2.96. The summed E-state index contributed by atoms with van der Waals surface area (Å²) < 4.78 is 40.4. The molecule has 0 amide bonds. The number of anilines is 1. The van der Waals surface area contributed by atoms with E-state index in [4.69, 9.17) is 5.11 Å². The summed E-state index contributed by atoms with van der Waals surface area (Å²) in [4.78, 5) is 11.5. The second-order valence-corrected chi connectivity index (χ2v) is 5.14. The van der Waals surface area contributed by atoms with Gasteiger partial charge in [0, 0.05) is 31.5 Å². The van der Waals surface area contributed by atoms with Crippen LogP contribution in [0.1, 0.15) is 15.4 Å². The summed E-state index contributed by atoms with van der Waals surface area (Å²) in [6.45, 7) is 0. The van der Waals surface area contributed by atoms with Crippen molar-refractivity contribution in [1.82, 2.24) is 9.78 Å². The Morgan fingerprint density at radius 3 is 2.65 bits per heavy atom. The molecule has 0 atom stereocenters. The Morgan fingerprint density at radius 2 is 2.17 bits per heavy atom. The summed E-state index contributed by atoms with van der Waals surface area (Å²) in [6, 6.07) is 4.80. The number of nitrogens with zero attached hydrogens (tertiary/aromatic N) is 2. The number of halogens is 3. The molecule has 0 spiro atoms. The Labute approximate surface area is 135 Å². The molecule has 0 aliphatic carbocycles. The largest absolute Gasteiger partial charge is 0.433 e. The van der Waals surface area contributed by atoms with Crippen LogP contribution in [0, 0.1) is 0 Å². The maximum atomic E-state index is 13.2. The van der Waals surface area contributed by atoms with Crippen molar-refractivity contribution in [2.75, 3.05) is 19.5 Å². The zero-order valence-electron chi connectivity index (χ0n) is 12.5. The number of hydrogen-bond acceptors (Lipinski definition) is 5. The van der Waals surface area contributed by atoms with Crippen LogP contribution in [0.15, 0.2) is 29.7 Å². The van der Waals surface area contributed by atoms with Gasteiger partial charge in [0.25, 0.3) is 0 Å². The third-order valence-corrected chi connectivity index (χ3v) is 3.60. The number of carbonyl (C=O) groups excluding carboxylic acids is 1. The lowest BCUT2D eigenvalue weighted by molar-refractivity contribution is -0.0744. The predicted molar refractivity (Wildman–Crippen MR) is 83.7 cm³/mol. The van der Waals surface area contributed by atoms with E-state index in [9.17, 15) is 18.0 Å². The fraction of sp³-hybridized carbons (Fsp3) is 0.286. The first kappa shape index (κ1) is 18.9. The molecule has 2 N–H and O–H groups in total. The predicted octanol–water partition coefficient (Wildman–Crippen LogP) is 3.05. The van der Waals surface area contributed by atoms with Crippen molar-refractivity contribution in [2.45, 2.75) is 12.6 Å². The molecule has 0 saturated carbocycles. The van der Waals surface area contributed by atoms with E-state index in [0.717, 1.165) is 18.1 Å². The molecule has 2 aromatic rings. The number of hydrogen-bond donors (Lipinski definition) is 2. The zero-order chi connectivity index (χ0) is 17.5. The highest BCUT2D eigenvalue weighted by Gasteiger charge is 2.37. The van der Waals surface area contributed by atoms with E-state index in [2.05, 4.69) is 10.4 Å². The Bertz CT molecular complexity index is 649. The molecule has 0 saturated heterocycles. The molecule has 2 aromatic heterocycles. The Hall–Kier alpha value is -2.13. The third kappa shape index (κ3) is 4.93. The number of thiophene rings is 1. The molecule has 126 valence electrons. The molecular weight excluding hydrogens is 331 g/mol. The van der Waals surface area contributed by atoms with Gasteiger partial charge in [0.05, 0.1) is 0 Å². The van der Waals surface area contributed by atoms with Gasteiger partial charge in [-0.25, -0.2) is 4.68 Å². The highest BCUT2D eigenvalue weighted by molar-refractivity contribution is 7.09. The van der Waals surface area contributed by atoms with Crippen molar-refractivity contribution in [3.63, 3.8) is 0 Å². The third-order valence-electron chi connectivity index (χ3n) is 2.70. The van der Waals surface area contributed by atoms with Gasteiger partial charge in [-0.1, -0.05) is 6.07 Å². The van der Waals surface area contributed by atoms with Crippen LogP contribution in [0.4, 0.5) is 19.0 Å². The number of aliphatic hydroxyl groups excluding tert-OH is 1. The highest BCUT2D eigenvalue weighted by Crippen LogP contribution is 2.32. The number of rotatable bonds is 5. The molecule has 0 fully saturated rings. The van der Waals surface area contributed by atoms with E-state index in [0.29, 0.717) is 11.0 Å². The van der Waals surface area contributed by atoms with Crippen LogP contribution >= 0.6 is 11.3 Å². The Kier molecular flexibility index (Phi) is 6.98. The fourth-order valence-electron chi connectivity index (χ4n) is 1.77. The average Bonchev–Trinajstić information content (AvgIpc) is 3.17. The molecule has 9 heteroatoms. The minimum absolute atomic E-state index is 0.0642. The van der Waals surface area contributed by atoms with Crippen LogP contribution in [0.2, 0.25) is 0 Å². The number of allylic oxidation sites excluding steroid dienone is 2. The maximum Gasteiger partial charge on any atom is 0.433 e. The summed E-state index contributed by atoms with van der Waals surface area (Å²) in [5, 5.41) is 15.1. The monoisotopic (exact) mass is 347 g/mol. The summed E-state index contributed by atoms with van der Waals surface area (Å²) in [5.41, 5.74) is -0.987. The van der Waals surface area contributed by atoms with Gasteiger partial charge < -0.3 is 10.4 Å². The van der Waals surface area contributed by atoms with Crippen molar-refractivity contribution >= 4 is 29.1 Å². The van der Waals surface area contributed by atoms with Crippen LogP contribution in [0.25, 0.3) is 5.70 Å². The number of alkyl halides is 3. The quantitative estimate of drug-likeness (QED) is 0.816. The van der Waals surface area contributed by atoms with Crippen LogP contribution in [0.5, 0.6) is 0 Å². The summed E-state index contributed by atoms with van der Waals surface area (Å²) in [7, 11) is 2.47. The lowest BCUT2D eigenvalue weighted by Crippen LogP contribution is -2.19. The molecule has 0 unspecified atom stereocenters. The van der Waals surface area contributed by atoms with Crippen LogP contribution in [-0.4, -0.2) is 41.5 Å². The van der Waals surface area contributed by atoms with Gasteiger partial charge in [0.2, 0.25) is 0 Å². The SMILES string of the molecule is CNc1cc(C=O)nn1/C(=C\Cc1cccs1)C(F)(F)F.CO. The highest BCUT2D eigenvalue weighted by atomic mass is 32.1. The van der Waals surface area contributed by atoms with Crippen molar-refractivity contribution < 1.29 is 23.1 Å². The van der Waals surface area contributed by atoms with Crippen molar-refractivity contribution in [3.8, 4) is 0 Å². The molecule has 2 heterocycles. The number of carbonyl (C=O) groups is 1. The first-order valence-electron chi connectivity index (χ1n) is 6.43. The lowest BCUT2D eigenvalue weighted by Gasteiger charge is -2.14. The minimum Gasteiger partial charge on any atom is -0.400 e.